The number of urea groups is 1. The summed E-state index contributed by atoms with van der Waals surface area (Å²) < 4.78 is 26.4. The molecule has 18 heavy (non-hydrogen) atoms. The number of carbonyl (C=O) groups is 2. The first-order chi connectivity index (χ1) is 8.33. The maximum absolute atomic E-state index is 13.2. The highest BCUT2D eigenvalue weighted by Gasteiger charge is 2.42. The Labute approximate surface area is 104 Å². The third-order valence-electron chi connectivity index (χ3n) is 3.06. The largest absolute Gasteiger partial charge is 0.481 e. The van der Waals surface area contributed by atoms with E-state index in [1.54, 1.807) is 0 Å². The highest BCUT2D eigenvalue weighted by atomic mass is 19.3. The lowest BCUT2D eigenvalue weighted by Crippen LogP contribution is -2.51. The van der Waals surface area contributed by atoms with Crippen molar-refractivity contribution in [3.05, 3.63) is 0 Å². The molecular formula is C11H18F2N2O3. The molecule has 0 aromatic heterocycles. The van der Waals surface area contributed by atoms with Gasteiger partial charge in [-0.25, -0.2) is 13.6 Å². The van der Waals surface area contributed by atoms with Gasteiger partial charge in [0.25, 0.3) is 5.92 Å². The first-order valence-corrected chi connectivity index (χ1v) is 5.95. The Bertz CT molecular complexity index is 323. The summed E-state index contributed by atoms with van der Waals surface area (Å²) in [5.41, 5.74) is 0. The minimum Gasteiger partial charge on any atom is -0.481 e. The van der Waals surface area contributed by atoms with E-state index in [0.29, 0.717) is 6.42 Å². The molecule has 1 fully saturated rings. The third-order valence-corrected chi connectivity index (χ3v) is 3.06. The van der Waals surface area contributed by atoms with Crippen LogP contribution in [0.15, 0.2) is 0 Å². The van der Waals surface area contributed by atoms with Gasteiger partial charge in [0.2, 0.25) is 0 Å². The first-order valence-electron chi connectivity index (χ1n) is 5.95. The molecule has 1 heterocycles. The zero-order chi connectivity index (χ0) is 13.8. The molecule has 0 aromatic carbocycles. The van der Waals surface area contributed by atoms with Crippen LogP contribution < -0.4 is 5.32 Å². The Morgan fingerprint density at radius 2 is 2.17 bits per heavy atom. The van der Waals surface area contributed by atoms with E-state index >= 15 is 0 Å². The van der Waals surface area contributed by atoms with Gasteiger partial charge in [0.05, 0.1) is 0 Å². The van der Waals surface area contributed by atoms with Gasteiger partial charge >= 0.3 is 12.0 Å². The molecule has 0 bridgehead atoms. The average Bonchev–Trinajstić information content (AvgIpc) is 2.27. The Morgan fingerprint density at radius 1 is 1.50 bits per heavy atom. The number of aliphatic carboxylic acids is 1. The lowest BCUT2D eigenvalue weighted by atomic mass is 9.96. The van der Waals surface area contributed by atoms with E-state index in [4.69, 9.17) is 5.11 Å². The van der Waals surface area contributed by atoms with Gasteiger partial charge in [-0.1, -0.05) is 6.92 Å². The van der Waals surface area contributed by atoms with Gasteiger partial charge in [-0.05, 0) is 6.42 Å². The molecule has 0 aromatic rings. The fraction of sp³-hybridized carbons (Fsp3) is 0.818. The molecule has 0 saturated carbocycles. The quantitative estimate of drug-likeness (QED) is 0.757. The second kappa shape index (κ2) is 5.97. The lowest BCUT2D eigenvalue weighted by Gasteiger charge is -2.36. The molecule has 1 aliphatic rings. The summed E-state index contributed by atoms with van der Waals surface area (Å²) in [7, 11) is 0. The second-order valence-electron chi connectivity index (χ2n) is 4.59. The van der Waals surface area contributed by atoms with Gasteiger partial charge in [-0.15, -0.1) is 0 Å². The number of hydrogen-bond donors (Lipinski definition) is 2. The van der Waals surface area contributed by atoms with Crippen molar-refractivity contribution < 1.29 is 23.5 Å². The molecule has 2 N–H and O–H groups in total. The van der Waals surface area contributed by atoms with Crippen molar-refractivity contribution in [3.63, 3.8) is 0 Å². The first kappa shape index (κ1) is 14.7. The van der Waals surface area contributed by atoms with Crippen LogP contribution in [0.1, 0.15) is 26.2 Å². The van der Waals surface area contributed by atoms with E-state index in [2.05, 4.69) is 5.32 Å². The van der Waals surface area contributed by atoms with Gasteiger partial charge in [0.1, 0.15) is 0 Å². The number of hydrogen-bond acceptors (Lipinski definition) is 2. The molecule has 1 saturated heterocycles. The van der Waals surface area contributed by atoms with Crippen molar-refractivity contribution in [2.75, 3.05) is 19.6 Å². The zero-order valence-electron chi connectivity index (χ0n) is 10.3. The van der Waals surface area contributed by atoms with E-state index in [-0.39, 0.29) is 32.5 Å². The molecule has 2 amide bonds. The molecule has 1 rings (SSSR count). The predicted molar refractivity (Wildman–Crippen MR) is 60.6 cm³/mol. The van der Waals surface area contributed by atoms with Crippen LogP contribution in [0.25, 0.3) is 0 Å². The van der Waals surface area contributed by atoms with Crippen molar-refractivity contribution in [1.82, 2.24) is 10.2 Å². The number of rotatable bonds is 4. The van der Waals surface area contributed by atoms with Gasteiger partial charge < -0.3 is 15.3 Å². The van der Waals surface area contributed by atoms with Crippen LogP contribution in [-0.4, -0.2) is 47.6 Å². The summed E-state index contributed by atoms with van der Waals surface area (Å²) in [6, 6.07) is -0.400. The molecule has 1 aliphatic heterocycles. The minimum atomic E-state index is -2.71. The van der Waals surface area contributed by atoms with Crippen LogP contribution in [0.5, 0.6) is 0 Å². The minimum absolute atomic E-state index is 0.0191. The Morgan fingerprint density at radius 3 is 2.72 bits per heavy atom. The number of nitrogens with zero attached hydrogens (tertiary/aromatic N) is 1. The normalized spacial score (nSPS) is 22.6. The summed E-state index contributed by atoms with van der Waals surface area (Å²) in [5.74, 6) is -4.48. The molecule has 7 heteroatoms. The second-order valence-corrected chi connectivity index (χ2v) is 4.59. The van der Waals surface area contributed by atoms with Crippen molar-refractivity contribution in [2.45, 2.75) is 32.1 Å². The number of likely N-dealkylation sites (tertiary alicyclic amines) is 1. The number of carboxylic acid groups (broad SMARTS) is 1. The van der Waals surface area contributed by atoms with Crippen LogP contribution in [0, 0.1) is 5.92 Å². The van der Waals surface area contributed by atoms with E-state index < -0.39 is 23.8 Å². The van der Waals surface area contributed by atoms with Gasteiger partial charge in [0, 0.05) is 38.4 Å². The smallest absolute Gasteiger partial charge is 0.317 e. The van der Waals surface area contributed by atoms with E-state index in [1.165, 1.54) is 11.8 Å². The summed E-state index contributed by atoms with van der Waals surface area (Å²) in [4.78, 5) is 23.2. The van der Waals surface area contributed by atoms with Crippen LogP contribution in [-0.2, 0) is 4.79 Å². The lowest BCUT2D eigenvalue weighted by molar-refractivity contribution is -0.137. The Balaban J connectivity index is 2.29. The number of alkyl halides is 2. The molecule has 5 nitrogen and oxygen atoms in total. The van der Waals surface area contributed by atoms with E-state index in [9.17, 15) is 18.4 Å². The number of carbonyl (C=O) groups excluding carboxylic acids is 1. The molecule has 0 aliphatic carbocycles. The maximum atomic E-state index is 13.2. The van der Waals surface area contributed by atoms with Gasteiger partial charge in [-0.3, -0.25) is 4.79 Å². The monoisotopic (exact) mass is 264 g/mol. The Hall–Kier alpha value is -1.40. The zero-order valence-corrected chi connectivity index (χ0v) is 10.3. The standard InChI is InChI=1S/C11H18F2N2O3/c1-8-7-15(6-4-11(8,12)13)10(18)14-5-2-3-9(16)17/h8H,2-7H2,1H3,(H,14,18)(H,16,17). The molecular weight excluding hydrogens is 246 g/mol. The molecule has 104 valence electrons. The summed E-state index contributed by atoms with van der Waals surface area (Å²) in [5, 5.41) is 10.9. The topological polar surface area (TPSA) is 69.6 Å². The Kier molecular flexibility index (Phi) is 4.86. The average molecular weight is 264 g/mol. The number of piperidine rings is 1. The third kappa shape index (κ3) is 4.12. The van der Waals surface area contributed by atoms with Gasteiger partial charge in [-0.2, -0.15) is 0 Å². The predicted octanol–water partition coefficient (Wildman–Crippen LogP) is 1.54. The van der Waals surface area contributed by atoms with Crippen molar-refractivity contribution in [2.24, 2.45) is 5.92 Å². The molecule has 0 radical (unpaired) electrons. The highest BCUT2D eigenvalue weighted by Crippen LogP contribution is 2.32. The van der Waals surface area contributed by atoms with Gasteiger partial charge in [0.15, 0.2) is 0 Å². The van der Waals surface area contributed by atoms with E-state index in [0.717, 1.165) is 0 Å². The van der Waals surface area contributed by atoms with Crippen LogP contribution in [0.4, 0.5) is 13.6 Å². The maximum Gasteiger partial charge on any atom is 0.317 e. The van der Waals surface area contributed by atoms with E-state index in [1.807, 2.05) is 0 Å². The van der Waals surface area contributed by atoms with Crippen molar-refractivity contribution in [3.8, 4) is 0 Å². The fourth-order valence-electron chi connectivity index (χ4n) is 1.82. The SMILES string of the molecule is CC1CN(C(=O)NCCCC(=O)O)CCC1(F)F. The summed E-state index contributed by atoms with van der Waals surface area (Å²) >= 11 is 0. The molecule has 1 atom stereocenters. The number of carboxylic acids is 1. The van der Waals surface area contributed by atoms with Crippen molar-refractivity contribution >= 4 is 12.0 Å². The highest BCUT2D eigenvalue weighted by molar-refractivity contribution is 5.74. The number of nitrogens with one attached hydrogen (secondary N) is 1. The number of halogens is 2. The number of amides is 2. The molecule has 1 unspecified atom stereocenters. The summed E-state index contributed by atoms with van der Waals surface area (Å²) in [6.45, 7) is 1.72. The van der Waals surface area contributed by atoms with Crippen LogP contribution in [0.3, 0.4) is 0 Å². The molecule has 0 spiro atoms. The summed E-state index contributed by atoms with van der Waals surface area (Å²) in [6.07, 6.45) is -0.00784. The van der Waals surface area contributed by atoms with Crippen molar-refractivity contribution in [1.29, 1.82) is 0 Å². The van der Waals surface area contributed by atoms with Crippen LogP contribution >= 0.6 is 0 Å². The van der Waals surface area contributed by atoms with Crippen LogP contribution in [0.2, 0.25) is 0 Å². The fourth-order valence-corrected chi connectivity index (χ4v) is 1.82.